The molecule has 102 valence electrons. The van der Waals surface area contributed by atoms with Crippen LogP contribution in [0.4, 0.5) is 16.0 Å². The normalized spacial score (nSPS) is 12.0. The molecule has 2 aromatic rings. The first-order valence-electron chi connectivity index (χ1n) is 5.60. The number of nitrogens with two attached hydrogens (primary N) is 2. The van der Waals surface area contributed by atoms with Crippen LogP contribution in [0, 0.1) is 5.82 Å². The largest absolute Gasteiger partial charge is 0.404 e. The van der Waals surface area contributed by atoms with Crippen LogP contribution in [0.5, 0.6) is 0 Å². The molecule has 2 rings (SSSR count). The van der Waals surface area contributed by atoms with E-state index in [4.69, 9.17) is 23.1 Å². The van der Waals surface area contributed by atoms with Crippen LogP contribution in [0.25, 0.3) is 5.57 Å². The molecule has 0 radical (unpaired) electrons. The fourth-order valence-electron chi connectivity index (χ4n) is 1.44. The van der Waals surface area contributed by atoms with Crippen molar-refractivity contribution < 1.29 is 4.39 Å². The van der Waals surface area contributed by atoms with Gasteiger partial charge in [0, 0.05) is 18.0 Å². The van der Waals surface area contributed by atoms with E-state index in [1.54, 1.807) is 0 Å². The predicted molar refractivity (Wildman–Crippen MR) is 78.2 cm³/mol. The van der Waals surface area contributed by atoms with Gasteiger partial charge in [0.1, 0.15) is 5.82 Å². The second kappa shape index (κ2) is 6.12. The van der Waals surface area contributed by atoms with Gasteiger partial charge in [0.2, 0.25) is 5.95 Å². The Balaban J connectivity index is 2.30. The topological polar surface area (TPSA) is 90.2 Å². The Bertz CT molecular complexity index is 667. The maximum Gasteiger partial charge on any atom is 0.220 e. The number of anilines is 1. The molecule has 0 unspecified atom stereocenters. The first-order chi connectivity index (χ1) is 9.60. The molecule has 0 amide bonds. The third-order valence-corrected chi connectivity index (χ3v) is 2.67. The Morgan fingerprint density at radius 3 is 2.65 bits per heavy atom. The van der Waals surface area contributed by atoms with Crippen LogP contribution in [-0.4, -0.2) is 16.2 Å². The molecule has 0 spiro atoms. The Labute approximate surface area is 119 Å². The lowest BCUT2D eigenvalue weighted by Gasteiger charge is -2.03. The molecule has 0 aliphatic rings. The Hall–Kier alpha value is -2.47. The van der Waals surface area contributed by atoms with E-state index in [0.717, 1.165) is 0 Å². The molecule has 1 heterocycles. The van der Waals surface area contributed by atoms with E-state index in [1.165, 1.54) is 42.9 Å². The number of rotatable bonds is 3. The van der Waals surface area contributed by atoms with Crippen LogP contribution in [0.2, 0.25) is 5.02 Å². The minimum atomic E-state index is -0.329. The standard InChI is InChI=1S/C13H11ClFN5/c14-11-7-19-13(17)20-12(11)8(5-16)6-18-10-3-1-9(15)2-4-10/h1-7H,16H2,(H2,17,19,20)/b8-5+,18-6?. The van der Waals surface area contributed by atoms with Crippen molar-refractivity contribution >= 4 is 35.0 Å². The van der Waals surface area contributed by atoms with Gasteiger partial charge in [-0.05, 0) is 24.3 Å². The van der Waals surface area contributed by atoms with Gasteiger partial charge in [0.05, 0.1) is 22.6 Å². The highest BCUT2D eigenvalue weighted by Crippen LogP contribution is 2.21. The molecule has 1 aromatic carbocycles. The molecule has 0 aliphatic heterocycles. The molecule has 0 fully saturated rings. The second-order valence-electron chi connectivity index (χ2n) is 3.78. The van der Waals surface area contributed by atoms with Gasteiger partial charge in [0.25, 0.3) is 0 Å². The van der Waals surface area contributed by atoms with E-state index in [-0.39, 0.29) is 11.8 Å². The summed E-state index contributed by atoms with van der Waals surface area (Å²) < 4.78 is 12.8. The summed E-state index contributed by atoms with van der Waals surface area (Å²) in [5, 5.41) is 0.307. The third-order valence-electron chi connectivity index (χ3n) is 2.40. The highest BCUT2D eigenvalue weighted by atomic mass is 35.5. The number of nitrogen functional groups attached to an aromatic ring is 1. The zero-order chi connectivity index (χ0) is 14.5. The average molecular weight is 292 g/mol. The van der Waals surface area contributed by atoms with Crippen molar-refractivity contribution in [1.82, 2.24) is 9.97 Å². The fourth-order valence-corrected chi connectivity index (χ4v) is 1.64. The summed E-state index contributed by atoms with van der Waals surface area (Å²) in [6.45, 7) is 0. The molecule has 0 bridgehead atoms. The van der Waals surface area contributed by atoms with E-state index >= 15 is 0 Å². The summed E-state index contributed by atoms with van der Waals surface area (Å²) in [6.07, 6.45) is 4.16. The Morgan fingerprint density at radius 1 is 1.30 bits per heavy atom. The number of aliphatic imine (C=N–C) groups is 1. The number of nitrogens with zero attached hydrogens (tertiary/aromatic N) is 3. The maximum atomic E-state index is 12.8. The Morgan fingerprint density at radius 2 is 2.00 bits per heavy atom. The highest BCUT2D eigenvalue weighted by molar-refractivity contribution is 6.33. The SMILES string of the molecule is N/C=C(\C=Nc1ccc(F)cc1)c1nc(N)ncc1Cl. The van der Waals surface area contributed by atoms with E-state index in [9.17, 15) is 4.39 Å². The molecule has 20 heavy (non-hydrogen) atoms. The molecule has 4 N–H and O–H groups in total. The maximum absolute atomic E-state index is 12.8. The predicted octanol–water partition coefficient (Wildman–Crippen LogP) is 2.55. The molecular formula is C13H11ClFN5. The van der Waals surface area contributed by atoms with E-state index in [0.29, 0.717) is 22.0 Å². The average Bonchev–Trinajstić information content (AvgIpc) is 2.45. The van der Waals surface area contributed by atoms with Gasteiger partial charge in [-0.3, -0.25) is 4.99 Å². The quantitative estimate of drug-likeness (QED) is 0.850. The number of allylic oxidation sites excluding steroid dienone is 1. The summed E-state index contributed by atoms with van der Waals surface area (Å²) in [7, 11) is 0. The van der Waals surface area contributed by atoms with Crippen molar-refractivity contribution in [2.24, 2.45) is 10.7 Å². The van der Waals surface area contributed by atoms with Gasteiger partial charge in [0.15, 0.2) is 0 Å². The third kappa shape index (κ3) is 3.30. The van der Waals surface area contributed by atoms with Gasteiger partial charge in [-0.15, -0.1) is 0 Å². The molecule has 0 saturated carbocycles. The lowest BCUT2D eigenvalue weighted by Crippen LogP contribution is -2.01. The van der Waals surface area contributed by atoms with Crippen LogP contribution < -0.4 is 11.5 Å². The van der Waals surface area contributed by atoms with Gasteiger partial charge < -0.3 is 11.5 Å². The molecule has 1 aromatic heterocycles. The number of hydrogen-bond acceptors (Lipinski definition) is 5. The van der Waals surface area contributed by atoms with Gasteiger partial charge in [-0.2, -0.15) is 0 Å². The van der Waals surface area contributed by atoms with Crippen molar-refractivity contribution in [1.29, 1.82) is 0 Å². The monoisotopic (exact) mass is 291 g/mol. The van der Waals surface area contributed by atoms with Crippen molar-refractivity contribution in [2.75, 3.05) is 5.73 Å². The summed E-state index contributed by atoms with van der Waals surface area (Å²) in [5.74, 6) is -0.246. The molecule has 7 heteroatoms. The van der Waals surface area contributed by atoms with Gasteiger partial charge >= 0.3 is 0 Å². The first kappa shape index (κ1) is 14.0. The van der Waals surface area contributed by atoms with Crippen LogP contribution in [-0.2, 0) is 0 Å². The summed E-state index contributed by atoms with van der Waals surface area (Å²) in [4.78, 5) is 11.9. The number of halogens is 2. The summed E-state index contributed by atoms with van der Waals surface area (Å²) >= 11 is 5.98. The summed E-state index contributed by atoms with van der Waals surface area (Å²) in [5.41, 5.74) is 12.5. The smallest absolute Gasteiger partial charge is 0.220 e. The summed E-state index contributed by atoms with van der Waals surface area (Å²) in [6, 6.07) is 5.70. The van der Waals surface area contributed by atoms with Crippen LogP contribution in [0.3, 0.4) is 0 Å². The molecular weight excluding hydrogens is 281 g/mol. The van der Waals surface area contributed by atoms with E-state index in [2.05, 4.69) is 15.0 Å². The lowest BCUT2D eigenvalue weighted by atomic mass is 10.2. The number of hydrogen-bond donors (Lipinski definition) is 2. The second-order valence-corrected chi connectivity index (χ2v) is 4.19. The van der Waals surface area contributed by atoms with Crippen molar-refractivity contribution in [3.8, 4) is 0 Å². The first-order valence-corrected chi connectivity index (χ1v) is 5.98. The number of aromatic nitrogens is 2. The minimum Gasteiger partial charge on any atom is -0.404 e. The van der Waals surface area contributed by atoms with Crippen molar-refractivity contribution in [3.63, 3.8) is 0 Å². The molecule has 0 aliphatic carbocycles. The van der Waals surface area contributed by atoms with Crippen LogP contribution in [0.15, 0.2) is 41.7 Å². The van der Waals surface area contributed by atoms with Gasteiger partial charge in [-0.1, -0.05) is 11.6 Å². The van der Waals surface area contributed by atoms with Crippen molar-refractivity contribution in [3.05, 3.63) is 53.2 Å². The zero-order valence-electron chi connectivity index (χ0n) is 10.3. The van der Waals surface area contributed by atoms with Crippen LogP contribution >= 0.6 is 11.6 Å². The van der Waals surface area contributed by atoms with Crippen LogP contribution in [0.1, 0.15) is 5.69 Å². The molecule has 0 saturated heterocycles. The van der Waals surface area contributed by atoms with Crippen molar-refractivity contribution in [2.45, 2.75) is 0 Å². The highest BCUT2D eigenvalue weighted by Gasteiger charge is 2.07. The molecule has 5 nitrogen and oxygen atoms in total. The minimum absolute atomic E-state index is 0.0823. The zero-order valence-corrected chi connectivity index (χ0v) is 11.0. The van der Waals surface area contributed by atoms with Gasteiger partial charge in [-0.25, -0.2) is 14.4 Å². The fraction of sp³-hybridized carbons (Fsp3) is 0. The Kier molecular flexibility index (Phi) is 4.27. The van der Waals surface area contributed by atoms with E-state index < -0.39 is 0 Å². The van der Waals surface area contributed by atoms with E-state index in [1.807, 2.05) is 0 Å². The number of benzene rings is 1. The lowest BCUT2D eigenvalue weighted by molar-refractivity contribution is 0.628. The molecule has 0 atom stereocenters.